The Hall–Kier alpha value is 0.660. The van der Waals surface area contributed by atoms with Gasteiger partial charge in [-0.15, -0.1) is 23.5 Å². The van der Waals surface area contributed by atoms with E-state index in [4.69, 9.17) is 0 Å². The third-order valence-electron chi connectivity index (χ3n) is 2.04. The van der Waals surface area contributed by atoms with Crippen molar-refractivity contribution in [1.29, 1.82) is 0 Å². The molecular weight excluding hydrogens is 176 g/mol. The van der Waals surface area contributed by atoms with Gasteiger partial charge in [0.25, 0.3) is 0 Å². The molecule has 1 nitrogen and oxygen atoms in total. The molecule has 0 amide bonds. The van der Waals surface area contributed by atoms with Crippen LogP contribution in [0.5, 0.6) is 0 Å². The molecule has 0 aromatic heterocycles. The molecule has 11 heavy (non-hydrogen) atoms. The SMILES string of the molecule is CC(O)[C@H](C)C1SCCCS1. The van der Waals surface area contributed by atoms with Gasteiger partial charge >= 0.3 is 0 Å². The van der Waals surface area contributed by atoms with Crippen LogP contribution in [0.3, 0.4) is 0 Å². The first-order valence-electron chi connectivity index (χ1n) is 4.13. The van der Waals surface area contributed by atoms with Crippen LogP contribution in [0, 0.1) is 5.92 Å². The van der Waals surface area contributed by atoms with Gasteiger partial charge in [-0.3, -0.25) is 0 Å². The highest BCUT2D eigenvalue weighted by atomic mass is 32.2. The van der Waals surface area contributed by atoms with Crippen LogP contribution in [0.4, 0.5) is 0 Å². The Kier molecular flexibility index (Phi) is 4.10. The lowest BCUT2D eigenvalue weighted by Gasteiger charge is -2.28. The number of hydrogen-bond acceptors (Lipinski definition) is 3. The molecule has 66 valence electrons. The van der Waals surface area contributed by atoms with E-state index in [2.05, 4.69) is 6.92 Å². The summed E-state index contributed by atoms with van der Waals surface area (Å²) in [6.07, 6.45) is 1.18. The van der Waals surface area contributed by atoms with Crippen LogP contribution >= 0.6 is 23.5 Å². The predicted molar refractivity (Wildman–Crippen MR) is 54.2 cm³/mol. The third kappa shape index (κ3) is 2.88. The number of aliphatic hydroxyl groups is 1. The summed E-state index contributed by atoms with van der Waals surface area (Å²) in [6, 6.07) is 0. The van der Waals surface area contributed by atoms with E-state index in [9.17, 15) is 5.11 Å². The zero-order valence-electron chi connectivity index (χ0n) is 7.12. The molecule has 1 saturated heterocycles. The molecule has 0 bridgehead atoms. The second-order valence-electron chi connectivity index (χ2n) is 3.06. The van der Waals surface area contributed by atoms with Crippen molar-refractivity contribution in [3.05, 3.63) is 0 Å². The molecular formula is C8H16OS2. The van der Waals surface area contributed by atoms with Gasteiger partial charge in [0, 0.05) is 5.92 Å². The summed E-state index contributed by atoms with van der Waals surface area (Å²) in [5.74, 6) is 2.98. The summed E-state index contributed by atoms with van der Waals surface area (Å²) < 4.78 is 0.628. The van der Waals surface area contributed by atoms with Crippen LogP contribution < -0.4 is 0 Å². The molecule has 3 heteroatoms. The van der Waals surface area contributed by atoms with Crippen molar-refractivity contribution in [2.45, 2.75) is 31.0 Å². The molecule has 2 atom stereocenters. The minimum Gasteiger partial charge on any atom is -0.393 e. The van der Waals surface area contributed by atoms with Gasteiger partial charge in [0.1, 0.15) is 0 Å². The Morgan fingerprint density at radius 2 is 1.82 bits per heavy atom. The lowest BCUT2D eigenvalue weighted by molar-refractivity contribution is 0.143. The lowest BCUT2D eigenvalue weighted by Crippen LogP contribution is -2.25. The van der Waals surface area contributed by atoms with E-state index in [1.165, 1.54) is 17.9 Å². The van der Waals surface area contributed by atoms with Crippen molar-refractivity contribution in [3.8, 4) is 0 Å². The normalized spacial score (nSPS) is 26.5. The molecule has 0 saturated carbocycles. The fourth-order valence-corrected chi connectivity index (χ4v) is 4.33. The quantitative estimate of drug-likeness (QED) is 0.724. The summed E-state index contributed by atoms with van der Waals surface area (Å²) in [4.78, 5) is 0. The second kappa shape index (κ2) is 4.63. The standard InChI is InChI=1S/C8H16OS2/c1-6(7(2)9)8-10-4-3-5-11-8/h6-9H,3-5H2,1-2H3/t6-,7?/m0/s1. The maximum absolute atomic E-state index is 9.35. The first kappa shape index (κ1) is 9.75. The van der Waals surface area contributed by atoms with E-state index in [0.29, 0.717) is 10.5 Å². The zero-order chi connectivity index (χ0) is 8.27. The number of aliphatic hydroxyl groups excluding tert-OH is 1. The summed E-state index contributed by atoms with van der Waals surface area (Å²) in [7, 11) is 0. The molecule has 1 heterocycles. The minimum absolute atomic E-state index is 0.155. The van der Waals surface area contributed by atoms with E-state index in [-0.39, 0.29) is 6.10 Å². The highest BCUT2D eigenvalue weighted by Crippen LogP contribution is 2.36. The average molecular weight is 192 g/mol. The average Bonchev–Trinajstić information content (AvgIpc) is 2.05. The highest BCUT2D eigenvalue weighted by Gasteiger charge is 2.24. The molecule has 1 aliphatic heterocycles. The summed E-state index contributed by atoms with van der Waals surface area (Å²) in [5.41, 5.74) is 0. The number of rotatable bonds is 2. The van der Waals surface area contributed by atoms with Crippen LogP contribution in [0.25, 0.3) is 0 Å². The second-order valence-corrected chi connectivity index (χ2v) is 5.86. The van der Waals surface area contributed by atoms with Gasteiger partial charge in [-0.05, 0) is 24.9 Å². The Balaban J connectivity index is 2.32. The fraction of sp³-hybridized carbons (Fsp3) is 1.00. The molecule has 0 aromatic rings. The Labute approximate surface area is 77.3 Å². The summed E-state index contributed by atoms with van der Waals surface area (Å²) in [6.45, 7) is 4.03. The first-order valence-corrected chi connectivity index (χ1v) is 6.23. The van der Waals surface area contributed by atoms with Crippen molar-refractivity contribution in [2.75, 3.05) is 11.5 Å². The van der Waals surface area contributed by atoms with Crippen molar-refractivity contribution >= 4 is 23.5 Å². The summed E-state index contributed by atoms with van der Waals surface area (Å²) in [5, 5.41) is 9.35. The van der Waals surface area contributed by atoms with Crippen LogP contribution in [-0.4, -0.2) is 27.3 Å². The maximum atomic E-state index is 9.35. The van der Waals surface area contributed by atoms with Crippen LogP contribution in [0.1, 0.15) is 20.3 Å². The van der Waals surface area contributed by atoms with Gasteiger partial charge in [0.05, 0.1) is 10.7 Å². The van der Waals surface area contributed by atoms with Gasteiger partial charge in [-0.1, -0.05) is 6.92 Å². The minimum atomic E-state index is -0.155. The topological polar surface area (TPSA) is 20.2 Å². The smallest absolute Gasteiger partial charge is 0.0556 e. The molecule has 0 aliphatic carbocycles. The van der Waals surface area contributed by atoms with Gasteiger partial charge < -0.3 is 5.11 Å². The van der Waals surface area contributed by atoms with Crippen LogP contribution in [0.15, 0.2) is 0 Å². The maximum Gasteiger partial charge on any atom is 0.0556 e. The molecule has 1 unspecified atom stereocenters. The Morgan fingerprint density at radius 1 is 1.27 bits per heavy atom. The Bertz CT molecular complexity index is 111. The van der Waals surface area contributed by atoms with Crippen LogP contribution in [-0.2, 0) is 0 Å². The molecule has 1 N–H and O–H groups in total. The lowest BCUT2D eigenvalue weighted by atomic mass is 10.1. The van der Waals surface area contributed by atoms with E-state index >= 15 is 0 Å². The van der Waals surface area contributed by atoms with Crippen molar-refractivity contribution < 1.29 is 5.11 Å². The molecule has 1 rings (SSSR count). The van der Waals surface area contributed by atoms with E-state index in [0.717, 1.165) is 0 Å². The molecule has 0 aromatic carbocycles. The monoisotopic (exact) mass is 192 g/mol. The van der Waals surface area contributed by atoms with Crippen LogP contribution in [0.2, 0.25) is 0 Å². The van der Waals surface area contributed by atoms with Gasteiger partial charge in [-0.25, -0.2) is 0 Å². The Morgan fingerprint density at radius 3 is 2.27 bits per heavy atom. The van der Waals surface area contributed by atoms with E-state index in [1.54, 1.807) is 0 Å². The molecule has 0 spiro atoms. The summed E-state index contributed by atoms with van der Waals surface area (Å²) >= 11 is 4.01. The largest absolute Gasteiger partial charge is 0.393 e. The van der Waals surface area contributed by atoms with Crippen molar-refractivity contribution in [3.63, 3.8) is 0 Å². The molecule has 0 radical (unpaired) electrons. The molecule has 1 fully saturated rings. The third-order valence-corrected chi connectivity index (χ3v) is 5.42. The van der Waals surface area contributed by atoms with Gasteiger partial charge in [-0.2, -0.15) is 0 Å². The van der Waals surface area contributed by atoms with E-state index in [1.807, 2.05) is 30.4 Å². The highest BCUT2D eigenvalue weighted by molar-refractivity contribution is 8.17. The number of thioether (sulfide) groups is 2. The predicted octanol–water partition coefficient (Wildman–Crippen LogP) is 2.20. The molecule has 1 aliphatic rings. The van der Waals surface area contributed by atoms with Crippen molar-refractivity contribution in [2.24, 2.45) is 5.92 Å². The van der Waals surface area contributed by atoms with E-state index < -0.39 is 0 Å². The van der Waals surface area contributed by atoms with Crippen molar-refractivity contribution in [1.82, 2.24) is 0 Å². The number of hydrogen-bond donors (Lipinski definition) is 1. The zero-order valence-corrected chi connectivity index (χ0v) is 8.75. The van der Waals surface area contributed by atoms with Gasteiger partial charge in [0.15, 0.2) is 0 Å². The first-order chi connectivity index (χ1) is 5.22. The fourth-order valence-electron chi connectivity index (χ4n) is 1.04. The van der Waals surface area contributed by atoms with Gasteiger partial charge in [0.2, 0.25) is 0 Å².